The van der Waals surface area contributed by atoms with Crippen molar-refractivity contribution in [3.63, 3.8) is 0 Å². The number of carbonyl (C=O) groups excluding carboxylic acids is 2. The monoisotopic (exact) mass is 351 g/mol. The molecule has 0 saturated heterocycles. The van der Waals surface area contributed by atoms with Gasteiger partial charge in [0, 0.05) is 18.2 Å². The van der Waals surface area contributed by atoms with E-state index in [9.17, 15) is 9.59 Å². The van der Waals surface area contributed by atoms with Crippen LogP contribution in [0.25, 0.3) is 0 Å². The first-order valence-electron chi connectivity index (χ1n) is 8.32. The molecular weight excluding hydrogens is 326 g/mol. The van der Waals surface area contributed by atoms with Gasteiger partial charge in [-0.15, -0.1) is 0 Å². The van der Waals surface area contributed by atoms with Crippen LogP contribution in [0.1, 0.15) is 36.5 Å². The maximum atomic E-state index is 13.0. The van der Waals surface area contributed by atoms with E-state index in [0.29, 0.717) is 36.0 Å². The Morgan fingerprint density at radius 1 is 1.08 bits per heavy atom. The second-order valence-electron chi connectivity index (χ2n) is 5.70. The highest BCUT2D eigenvalue weighted by Gasteiger charge is 2.34. The predicted octanol–water partition coefficient (Wildman–Crippen LogP) is 2.27. The third-order valence-corrected chi connectivity index (χ3v) is 4.02. The van der Waals surface area contributed by atoms with Gasteiger partial charge in [-0.3, -0.25) is 9.59 Å². The molecule has 0 aromatic heterocycles. The van der Waals surface area contributed by atoms with E-state index < -0.39 is 0 Å². The van der Waals surface area contributed by atoms with Gasteiger partial charge in [0.15, 0.2) is 11.5 Å². The summed E-state index contributed by atoms with van der Waals surface area (Å²) in [6, 6.07) is 3.42. The first-order chi connectivity index (χ1) is 12.0. The number of ether oxygens (including phenoxy) is 4. The number of esters is 1. The second-order valence-corrected chi connectivity index (χ2v) is 5.70. The number of methoxy groups -OCH3 is 3. The topological polar surface area (TPSA) is 74.3 Å². The molecule has 7 nitrogen and oxygen atoms in total. The Morgan fingerprint density at radius 3 is 2.12 bits per heavy atom. The second kappa shape index (κ2) is 8.60. The maximum absolute atomic E-state index is 13.0. The zero-order valence-corrected chi connectivity index (χ0v) is 15.2. The van der Waals surface area contributed by atoms with Gasteiger partial charge in [-0.2, -0.15) is 0 Å². The Balaban J connectivity index is 2.22. The Hall–Kier alpha value is -2.44. The minimum atomic E-state index is -0.300. The minimum Gasteiger partial charge on any atom is -0.493 e. The van der Waals surface area contributed by atoms with Crippen LogP contribution in [0.5, 0.6) is 17.2 Å². The van der Waals surface area contributed by atoms with Gasteiger partial charge in [-0.05, 0) is 31.9 Å². The molecule has 1 saturated carbocycles. The van der Waals surface area contributed by atoms with Crippen molar-refractivity contribution in [2.45, 2.75) is 32.2 Å². The van der Waals surface area contributed by atoms with Crippen LogP contribution in [0.3, 0.4) is 0 Å². The van der Waals surface area contributed by atoms with E-state index in [4.69, 9.17) is 18.9 Å². The van der Waals surface area contributed by atoms with Crippen molar-refractivity contribution in [2.24, 2.45) is 0 Å². The fourth-order valence-corrected chi connectivity index (χ4v) is 2.65. The van der Waals surface area contributed by atoms with Crippen LogP contribution in [-0.2, 0) is 9.53 Å². The van der Waals surface area contributed by atoms with Gasteiger partial charge in [0.05, 0.1) is 34.4 Å². The van der Waals surface area contributed by atoms with E-state index >= 15 is 0 Å². The molecule has 0 spiro atoms. The van der Waals surface area contributed by atoms with Gasteiger partial charge in [0.1, 0.15) is 0 Å². The Bertz CT molecular complexity index is 601. The molecule has 1 fully saturated rings. The van der Waals surface area contributed by atoms with Gasteiger partial charge in [0.25, 0.3) is 5.91 Å². The van der Waals surface area contributed by atoms with E-state index in [1.807, 2.05) is 0 Å². The van der Waals surface area contributed by atoms with Gasteiger partial charge >= 0.3 is 5.97 Å². The van der Waals surface area contributed by atoms with E-state index in [-0.39, 0.29) is 24.3 Å². The van der Waals surface area contributed by atoms with E-state index in [0.717, 1.165) is 12.8 Å². The first kappa shape index (κ1) is 18.9. The highest BCUT2D eigenvalue weighted by atomic mass is 16.5. The molecular formula is C18H25NO6. The number of benzene rings is 1. The van der Waals surface area contributed by atoms with Crippen molar-refractivity contribution in [1.82, 2.24) is 4.90 Å². The number of rotatable bonds is 9. The average Bonchev–Trinajstić information content (AvgIpc) is 3.45. The lowest BCUT2D eigenvalue weighted by atomic mass is 10.1. The smallest absolute Gasteiger partial charge is 0.307 e. The van der Waals surface area contributed by atoms with E-state index in [1.165, 1.54) is 21.3 Å². The molecule has 7 heteroatoms. The zero-order chi connectivity index (χ0) is 18.4. The van der Waals surface area contributed by atoms with Gasteiger partial charge in [-0.25, -0.2) is 0 Å². The quantitative estimate of drug-likeness (QED) is 0.636. The minimum absolute atomic E-state index is 0.161. The summed E-state index contributed by atoms with van der Waals surface area (Å²) in [6.07, 6.45) is 2.07. The highest BCUT2D eigenvalue weighted by molar-refractivity contribution is 5.96. The van der Waals surface area contributed by atoms with Crippen molar-refractivity contribution >= 4 is 11.9 Å². The predicted molar refractivity (Wildman–Crippen MR) is 91.4 cm³/mol. The number of hydrogen-bond donors (Lipinski definition) is 0. The molecule has 25 heavy (non-hydrogen) atoms. The van der Waals surface area contributed by atoms with Crippen molar-refractivity contribution in [3.8, 4) is 17.2 Å². The van der Waals surface area contributed by atoms with Crippen LogP contribution < -0.4 is 14.2 Å². The maximum Gasteiger partial charge on any atom is 0.307 e. The van der Waals surface area contributed by atoms with Crippen LogP contribution >= 0.6 is 0 Å². The molecule has 0 heterocycles. The molecule has 0 radical (unpaired) electrons. The molecule has 2 rings (SSSR count). The van der Waals surface area contributed by atoms with Crippen LogP contribution in [0.2, 0.25) is 0 Å². The average molecular weight is 351 g/mol. The molecule has 0 atom stereocenters. The molecule has 0 aliphatic heterocycles. The number of nitrogens with zero attached hydrogens (tertiary/aromatic N) is 1. The van der Waals surface area contributed by atoms with Crippen LogP contribution in [-0.4, -0.2) is 57.3 Å². The lowest BCUT2D eigenvalue weighted by molar-refractivity contribution is -0.143. The fraction of sp³-hybridized carbons (Fsp3) is 0.556. The Kier molecular flexibility index (Phi) is 6.50. The van der Waals surface area contributed by atoms with Gasteiger partial charge < -0.3 is 23.8 Å². The largest absolute Gasteiger partial charge is 0.493 e. The van der Waals surface area contributed by atoms with Gasteiger partial charge in [0.2, 0.25) is 5.75 Å². The van der Waals surface area contributed by atoms with Crippen LogP contribution in [0.4, 0.5) is 0 Å². The van der Waals surface area contributed by atoms with Crippen molar-refractivity contribution in [3.05, 3.63) is 17.7 Å². The molecule has 1 aliphatic carbocycles. The summed E-state index contributed by atoms with van der Waals surface area (Å²) >= 11 is 0. The highest BCUT2D eigenvalue weighted by Crippen LogP contribution is 2.39. The zero-order valence-electron chi connectivity index (χ0n) is 15.2. The Labute approximate surface area is 147 Å². The third kappa shape index (κ3) is 4.55. The molecule has 0 unspecified atom stereocenters. The van der Waals surface area contributed by atoms with Crippen LogP contribution in [0.15, 0.2) is 12.1 Å². The summed E-state index contributed by atoms with van der Waals surface area (Å²) in [5.41, 5.74) is 0.435. The molecule has 1 aromatic rings. The Morgan fingerprint density at radius 2 is 1.68 bits per heavy atom. The molecule has 1 amide bonds. The number of carbonyl (C=O) groups is 2. The summed E-state index contributed by atoms with van der Waals surface area (Å²) in [5.74, 6) is 0.820. The van der Waals surface area contributed by atoms with Crippen molar-refractivity contribution in [1.29, 1.82) is 0 Å². The molecule has 1 aliphatic rings. The van der Waals surface area contributed by atoms with E-state index in [1.54, 1.807) is 24.0 Å². The fourth-order valence-electron chi connectivity index (χ4n) is 2.65. The van der Waals surface area contributed by atoms with Crippen molar-refractivity contribution < 1.29 is 28.5 Å². The number of amides is 1. The summed E-state index contributed by atoms with van der Waals surface area (Å²) in [6.45, 7) is 2.43. The molecule has 0 bridgehead atoms. The normalized spacial score (nSPS) is 13.1. The van der Waals surface area contributed by atoms with E-state index in [2.05, 4.69) is 0 Å². The SMILES string of the molecule is CCOC(=O)CCN(C(=O)c1cc(OC)c(OC)c(OC)c1)C1CC1. The summed E-state index contributed by atoms with van der Waals surface area (Å²) in [4.78, 5) is 26.3. The molecule has 138 valence electrons. The first-order valence-corrected chi connectivity index (χ1v) is 8.32. The van der Waals surface area contributed by atoms with Crippen molar-refractivity contribution in [2.75, 3.05) is 34.5 Å². The standard InChI is InChI=1S/C18H25NO6/c1-5-25-16(20)8-9-19(13-6-7-13)18(21)12-10-14(22-2)17(24-4)15(11-12)23-3/h10-11,13H,5-9H2,1-4H3. The lowest BCUT2D eigenvalue weighted by Gasteiger charge is -2.23. The lowest BCUT2D eigenvalue weighted by Crippen LogP contribution is -2.35. The number of hydrogen-bond acceptors (Lipinski definition) is 6. The summed E-state index contributed by atoms with van der Waals surface area (Å²) in [5, 5.41) is 0. The van der Waals surface area contributed by atoms with Crippen LogP contribution in [0, 0.1) is 0 Å². The molecule has 0 N–H and O–H groups in total. The van der Waals surface area contributed by atoms with Gasteiger partial charge in [-0.1, -0.05) is 0 Å². The summed E-state index contributed by atoms with van der Waals surface area (Å²) < 4.78 is 20.8. The molecule has 1 aromatic carbocycles. The summed E-state index contributed by atoms with van der Waals surface area (Å²) in [7, 11) is 4.52. The third-order valence-electron chi connectivity index (χ3n) is 4.02.